The van der Waals surface area contributed by atoms with Crippen LogP contribution >= 0.6 is 24.0 Å². The summed E-state index contributed by atoms with van der Waals surface area (Å²) in [7, 11) is 4.04. The molecule has 0 radical (unpaired) electrons. The number of aliphatic imine (C=N–C) groups is 1. The van der Waals surface area contributed by atoms with Gasteiger partial charge in [-0.1, -0.05) is 20.3 Å². The first-order valence-electron chi connectivity index (χ1n) is 10.7. The van der Waals surface area contributed by atoms with Crippen molar-refractivity contribution in [2.75, 3.05) is 33.2 Å². The minimum atomic E-state index is 0. The van der Waals surface area contributed by atoms with Crippen LogP contribution in [0.5, 0.6) is 0 Å². The van der Waals surface area contributed by atoms with Gasteiger partial charge in [-0.15, -0.1) is 24.0 Å². The van der Waals surface area contributed by atoms with Crippen LogP contribution in [0.4, 0.5) is 0 Å². The maximum absolute atomic E-state index is 12.1. The molecule has 0 spiro atoms. The summed E-state index contributed by atoms with van der Waals surface area (Å²) in [5.74, 6) is 1.61. The number of nitrogens with one attached hydrogen (secondary N) is 1. The van der Waals surface area contributed by atoms with Crippen LogP contribution in [-0.2, 0) is 18.4 Å². The number of carbonyl (C=O) groups is 1. The number of guanidine groups is 1. The Balaban J connectivity index is 0.00000420. The summed E-state index contributed by atoms with van der Waals surface area (Å²) in [6.07, 6.45) is 7.04. The molecule has 1 aliphatic heterocycles. The van der Waals surface area contributed by atoms with Crippen molar-refractivity contribution >= 4 is 35.8 Å². The van der Waals surface area contributed by atoms with Crippen molar-refractivity contribution < 1.29 is 4.79 Å². The minimum Gasteiger partial charge on any atom is -0.357 e. The summed E-state index contributed by atoms with van der Waals surface area (Å²) >= 11 is 0. The summed E-state index contributed by atoms with van der Waals surface area (Å²) in [5, 5.41) is 7.99. The zero-order valence-corrected chi connectivity index (χ0v) is 21.1. The lowest BCUT2D eigenvalue weighted by molar-refractivity contribution is -0.130. The standard InChI is InChI=1S/C21H38N6O.HI/c1-6-22-21(23-12-10-14-27-13-9-7-8-11-19(27)28)25(4)15-18-16-26(5)24-20(18)17(2)3;/h16-17H,6-15H2,1-5H3,(H,22,23);1H. The number of hydrogen-bond acceptors (Lipinski definition) is 3. The third kappa shape index (κ3) is 8.14. The highest BCUT2D eigenvalue weighted by Gasteiger charge is 2.17. The lowest BCUT2D eigenvalue weighted by atomic mass is 10.1. The van der Waals surface area contributed by atoms with E-state index in [1.54, 1.807) is 0 Å². The predicted molar refractivity (Wildman–Crippen MR) is 130 cm³/mol. The monoisotopic (exact) mass is 518 g/mol. The van der Waals surface area contributed by atoms with Crippen molar-refractivity contribution in [3.8, 4) is 0 Å². The van der Waals surface area contributed by atoms with E-state index in [-0.39, 0.29) is 24.0 Å². The van der Waals surface area contributed by atoms with Gasteiger partial charge in [-0.3, -0.25) is 14.5 Å². The van der Waals surface area contributed by atoms with Crippen molar-refractivity contribution in [2.24, 2.45) is 12.0 Å². The van der Waals surface area contributed by atoms with Crippen LogP contribution in [0.25, 0.3) is 0 Å². The fraction of sp³-hybridized carbons (Fsp3) is 0.762. The van der Waals surface area contributed by atoms with E-state index in [1.807, 2.05) is 16.6 Å². The number of hydrogen-bond donors (Lipinski definition) is 1. The van der Waals surface area contributed by atoms with Gasteiger partial charge in [0.25, 0.3) is 0 Å². The first-order chi connectivity index (χ1) is 13.4. The summed E-state index contributed by atoms with van der Waals surface area (Å²) in [5.41, 5.74) is 2.38. The number of carbonyl (C=O) groups excluding carboxylic acids is 1. The number of nitrogens with zero attached hydrogens (tertiary/aromatic N) is 5. The second-order valence-corrected chi connectivity index (χ2v) is 8.00. The molecule has 7 nitrogen and oxygen atoms in total. The fourth-order valence-corrected chi connectivity index (χ4v) is 3.68. The van der Waals surface area contributed by atoms with Crippen LogP contribution in [0.15, 0.2) is 11.2 Å². The van der Waals surface area contributed by atoms with Crippen molar-refractivity contribution in [1.82, 2.24) is 24.9 Å². The van der Waals surface area contributed by atoms with E-state index in [0.717, 1.165) is 63.6 Å². The van der Waals surface area contributed by atoms with Gasteiger partial charge in [0.1, 0.15) is 0 Å². The normalized spacial score (nSPS) is 15.3. The van der Waals surface area contributed by atoms with Crippen molar-refractivity contribution in [2.45, 2.75) is 65.3 Å². The fourth-order valence-electron chi connectivity index (χ4n) is 3.68. The SMILES string of the molecule is CCNC(=NCCCN1CCCCCC1=O)N(C)Cc1cn(C)nc1C(C)C.I. The Morgan fingerprint density at radius 2 is 2.10 bits per heavy atom. The molecule has 2 rings (SSSR count). The molecule has 166 valence electrons. The molecule has 0 aromatic carbocycles. The summed E-state index contributed by atoms with van der Waals surface area (Å²) in [6, 6.07) is 0. The zero-order chi connectivity index (χ0) is 20.5. The van der Waals surface area contributed by atoms with Crippen LogP contribution in [0.1, 0.15) is 70.1 Å². The summed E-state index contributed by atoms with van der Waals surface area (Å²) in [4.78, 5) is 21.1. The number of rotatable bonds is 8. The Morgan fingerprint density at radius 3 is 2.79 bits per heavy atom. The van der Waals surface area contributed by atoms with E-state index in [9.17, 15) is 4.79 Å². The highest BCUT2D eigenvalue weighted by Crippen LogP contribution is 2.18. The third-order valence-corrected chi connectivity index (χ3v) is 5.11. The van der Waals surface area contributed by atoms with Crippen LogP contribution in [0, 0.1) is 0 Å². The number of likely N-dealkylation sites (tertiary alicyclic amines) is 1. The lowest BCUT2D eigenvalue weighted by Crippen LogP contribution is -2.39. The van der Waals surface area contributed by atoms with Crippen molar-refractivity contribution in [3.63, 3.8) is 0 Å². The molecule has 2 heterocycles. The van der Waals surface area contributed by atoms with Crippen LogP contribution in [-0.4, -0.2) is 64.7 Å². The Hall–Kier alpha value is -1.32. The maximum Gasteiger partial charge on any atom is 0.222 e. The van der Waals surface area contributed by atoms with Crippen LogP contribution < -0.4 is 5.32 Å². The summed E-state index contributed by atoms with van der Waals surface area (Å²) in [6.45, 7) is 10.5. The number of aryl methyl sites for hydroxylation is 1. The van der Waals surface area contributed by atoms with E-state index in [4.69, 9.17) is 4.99 Å². The molecule has 1 N–H and O–H groups in total. The van der Waals surface area contributed by atoms with Gasteiger partial charge in [-0.05, 0) is 32.1 Å². The molecule has 0 aliphatic carbocycles. The van der Waals surface area contributed by atoms with Crippen LogP contribution in [0.3, 0.4) is 0 Å². The van der Waals surface area contributed by atoms with Gasteiger partial charge in [-0.2, -0.15) is 5.10 Å². The van der Waals surface area contributed by atoms with Gasteiger partial charge in [0.2, 0.25) is 5.91 Å². The average Bonchev–Trinajstić information content (AvgIpc) is 2.89. The van der Waals surface area contributed by atoms with Gasteiger partial charge in [0, 0.05) is 65.0 Å². The predicted octanol–water partition coefficient (Wildman–Crippen LogP) is 3.35. The molecule has 1 fully saturated rings. The van der Waals surface area contributed by atoms with Gasteiger partial charge in [0.15, 0.2) is 5.96 Å². The number of amides is 1. The third-order valence-electron chi connectivity index (χ3n) is 5.11. The van der Waals surface area contributed by atoms with E-state index < -0.39 is 0 Å². The molecule has 8 heteroatoms. The van der Waals surface area contributed by atoms with Gasteiger partial charge >= 0.3 is 0 Å². The van der Waals surface area contributed by atoms with Crippen molar-refractivity contribution in [3.05, 3.63) is 17.5 Å². The molecule has 0 unspecified atom stereocenters. The van der Waals surface area contributed by atoms with Crippen molar-refractivity contribution in [1.29, 1.82) is 0 Å². The second kappa shape index (κ2) is 13.1. The zero-order valence-electron chi connectivity index (χ0n) is 18.8. The number of aromatic nitrogens is 2. The highest BCUT2D eigenvalue weighted by molar-refractivity contribution is 14.0. The first-order valence-corrected chi connectivity index (χ1v) is 10.7. The van der Waals surface area contributed by atoms with Crippen LogP contribution in [0.2, 0.25) is 0 Å². The molecule has 0 bridgehead atoms. The molecule has 1 saturated heterocycles. The molecule has 0 atom stereocenters. The van der Waals surface area contributed by atoms with E-state index in [1.165, 1.54) is 12.0 Å². The van der Waals surface area contributed by atoms with Gasteiger partial charge in [0.05, 0.1) is 5.69 Å². The largest absolute Gasteiger partial charge is 0.357 e. The molecular formula is C21H39IN6O. The molecular weight excluding hydrogens is 479 g/mol. The molecule has 1 aliphatic rings. The Labute approximate surface area is 193 Å². The topological polar surface area (TPSA) is 65.8 Å². The summed E-state index contributed by atoms with van der Waals surface area (Å²) < 4.78 is 1.89. The first kappa shape index (κ1) is 25.7. The van der Waals surface area contributed by atoms with Gasteiger partial charge in [-0.25, -0.2) is 0 Å². The Morgan fingerprint density at radius 1 is 1.34 bits per heavy atom. The quantitative estimate of drug-likeness (QED) is 0.248. The van der Waals surface area contributed by atoms with E-state index >= 15 is 0 Å². The minimum absolute atomic E-state index is 0. The Bertz CT molecular complexity index is 658. The lowest BCUT2D eigenvalue weighted by Gasteiger charge is -2.23. The maximum atomic E-state index is 12.1. The van der Waals surface area contributed by atoms with Gasteiger partial charge < -0.3 is 15.1 Å². The Kier molecular flexibility index (Phi) is 11.6. The average molecular weight is 518 g/mol. The highest BCUT2D eigenvalue weighted by atomic mass is 127. The smallest absolute Gasteiger partial charge is 0.222 e. The molecule has 1 aromatic rings. The number of halogens is 1. The van der Waals surface area contributed by atoms with E-state index in [2.05, 4.69) is 49.3 Å². The van der Waals surface area contributed by atoms with E-state index in [0.29, 0.717) is 18.2 Å². The second-order valence-electron chi connectivity index (χ2n) is 8.00. The molecule has 1 amide bonds. The molecule has 1 aromatic heterocycles. The molecule has 29 heavy (non-hydrogen) atoms. The molecule has 0 saturated carbocycles.